The van der Waals surface area contributed by atoms with Gasteiger partial charge < -0.3 is 5.32 Å². The molecule has 0 amide bonds. The summed E-state index contributed by atoms with van der Waals surface area (Å²) in [5.41, 5.74) is 4.28. The van der Waals surface area contributed by atoms with Gasteiger partial charge in [-0.15, -0.1) is 0 Å². The fraction of sp³-hybridized carbons (Fsp3) is 0.556. The van der Waals surface area contributed by atoms with E-state index in [1.807, 2.05) is 0 Å². The monoisotopic (exact) mass is 335 g/mol. The molecule has 1 N–H and O–H groups in total. The summed E-state index contributed by atoms with van der Waals surface area (Å²) in [7, 11) is 0. The van der Waals surface area contributed by atoms with Gasteiger partial charge in [-0.1, -0.05) is 53.1 Å². The molecule has 1 aromatic rings. The molecule has 0 saturated carbocycles. The smallest absolute Gasteiger partial charge is 0.0547 e. The summed E-state index contributed by atoms with van der Waals surface area (Å²) in [6.45, 7) is 5.45. The topological polar surface area (TPSA) is 12.0 Å². The van der Waals surface area contributed by atoms with E-state index in [1.54, 1.807) is 5.57 Å². The van der Waals surface area contributed by atoms with Gasteiger partial charge >= 0.3 is 0 Å². The Morgan fingerprint density at radius 3 is 2.85 bits per heavy atom. The maximum atomic E-state index is 3.76. The molecule has 1 atom stereocenters. The summed E-state index contributed by atoms with van der Waals surface area (Å²) in [6.07, 6.45) is 10.2. The van der Waals surface area contributed by atoms with Crippen LogP contribution in [0.1, 0.15) is 62.6 Å². The second kappa shape index (κ2) is 7.99. The molecule has 0 radical (unpaired) electrons. The van der Waals surface area contributed by atoms with E-state index in [0.717, 1.165) is 6.54 Å². The second-order valence-electron chi connectivity index (χ2n) is 5.79. The van der Waals surface area contributed by atoms with E-state index in [1.165, 1.54) is 54.1 Å². The van der Waals surface area contributed by atoms with Gasteiger partial charge in [0, 0.05) is 4.47 Å². The molecule has 1 nitrogen and oxygen atoms in total. The van der Waals surface area contributed by atoms with Crippen molar-refractivity contribution in [3.63, 3.8) is 0 Å². The van der Waals surface area contributed by atoms with E-state index < -0.39 is 0 Å². The number of hydrogen-bond donors (Lipinski definition) is 1. The molecule has 1 aliphatic carbocycles. The Balaban J connectivity index is 2.28. The first-order valence-electron chi connectivity index (χ1n) is 7.90. The highest BCUT2D eigenvalue weighted by molar-refractivity contribution is 9.10. The lowest BCUT2D eigenvalue weighted by Gasteiger charge is -2.23. The lowest BCUT2D eigenvalue weighted by Crippen LogP contribution is -2.24. The fourth-order valence-corrected chi connectivity index (χ4v) is 3.62. The quantitative estimate of drug-likeness (QED) is 0.681. The van der Waals surface area contributed by atoms with Crippen molar-refractivity contribution in [1.82, 2.24) is 5.32 Å². The summed E-state index contributed by atoms with van der Waals surface area (Å²) in [5, 5.41) is 3.75. The fourth-order valence-electron chi connectivity index (χ4n) is 2.90. The third-order valence-corrected chi connectivity index (χ3v) is 4.70. The van der Waals surface area contributed by atoms with Crippen molar-refractivity contribution in [2.24, 2.45) is 0 Å². The molecule has 0 heterocycles. The van der Waals surface area contributed by atoms with Crippen LogP contribution >= 0.6 is 15.9 Å². The Labute approximate surface area is 132 Å². The summed E-state index contributed by atoms with van der Waals surface area (Å²) in [6, 6.07) is 7.10. The van der Waals surface area contributed by atoms with E-state index in [2.05, 4.69) is 59.4 Å². The highest BCUT2D eigenvalue weighted by Crippen LogP contribution is 2.33. The summed E-state index contributed by atoms with van der Waals surface area (Å²) in [5.74, 6) is 0. The van der Waals surface area contributed by atoms with Crippen molar-refractivity contribution in [2.75, 3.05) is 6.54 Å². The molecule has 110 valence electrons. The Hall–Kier alpha value is -0.600. The Morgan fingerprint density at radius 2 is 2.10 bits per heavy atom. The van der Waals surface area contributed by atoms with Crippen molar-refractivity contribution in [2.45, 2.75) is 58.4 Å². The molecule has 2 rings (SSSR count). The molecule has 1 aliphatic rings. The van der Waals surface area contributed by atoms with E-state index in [-0.39, 0.29) is 0 Å². The van der Waals surface area contributed by atoms with Gasteiger partial charge in [0.25, 0.3) is 0 Å². The number of allylic oxidation sites excluding steroid dienone is 1. The third-order valence-electron chi connectivity index (χ3n) is 4.01. The maximum Gasteiger partial charge on any atom is 0.0547 e. The van der Waals surface area contributed by atoms with Crippen LogP contribution < -0.4 is 5.32 Å². The normalized spacial score (nSPS) is 17.4. The summed E-state index contributed by atoms with van der Waals surface area (Å²) < 4.78 is 1.23. The molecule has 0 fully saturated rings. The van der Waals surface area contributed by atoms with Crippen molar-refractivity contribution in [3.8, 4) is 0 Å². The number of nitrogens with one attached hydrogen (secondary N) is 1. The molecule has 0 aromatic heterocycles. The molecule has 20 heavy (non-hydrogen) atoms. The molecule has 0 saturated heterocycles. The minimum Gasteiger partial charge on any atom is -0.307 e. The standard InChI is InChI=1S/C18H26BrN/c1-3-12-20-18(15-8-6-4-5-7-9-15)16-11-10-14(2)13-17(16)19/h8,10-11,13,18,20H,3-7,9,12H2,1-2H3. The van der Waals surface area contributed by atoms with Crippen LogP contribution in [0.5, 0.6) is 0 Å². The Morgan fingerprint density at radius 1 is 1.25 bits per heavy atom. The van der Waals surface area contributed by atoms with Crippen LogP contribution in [0.15, 0.2) is 34.3 Å². The maximum absolute atomic E-state index is 3.76. The van der Waals surface area contributed by atoms with Crippen LogP contribution in [0, 0.1) is 6.92 Å². The second-order valence-corrected chi connectivity index (χ2v) is 6.64. The number of rotatable bonds is 5. The highest BCUT2D eigenvalue weighted by atomic mass is 79.9. The molecule has 1 aromatic carbocycles. The van der Waals surface area contributed by atoms with E-state index in [0.29, 0.717) is 6.04 Å². The van der Waals surface area contributed by atoms with Crippen molar-refractivity contribution in [1.29, 1.82) is 0 Å². The van der Waals surface area contributed by atoms with E-state index in [4.69, 9.17) is 0 Å². The minimum absolute atomic E-state index is 0.378. The number of hydrogen-bond acceptors (Lipinski definition) is 1. The molecule has 1 unspecified atom stereocenters. The average Bonchev–Trinajstić information content (AvgIpc) is 2.70. The average molecular weight is 336 g/mol. The van der Waals surface area contributed by atoms with Gasteiger partial charge in [0.05, 0.1) is 6.04 Å². The first-order valence-corrected chi connectivity index (χ1v) is 8.70. The van der Waals surface area contributed by atoms with E-state index in [9.17, 15) is 0 Å². The Bertz CT molecular complexity index is 464. The van der Waals surface area contributed by atoms with Gasteiger partial charge in [0.2, 0.25) is 0 Å². The van der Waals surface area contributed by atoms with Crippen LogP contribution in [0.2, 0.25) is 0 Å². The molecular formula is C18H26BrN. The molecule has 0 spiro atoms. The van der Waals surface area contributed by atoms with Crippen molar-refractivity contribution >= 4 is 15.9 Å². The van der Waals surface area contributed by atoms with Gasteiger partial charge in [-0.2, -0.15) is 0 Å². The molecule has 0 bridgehead atoms. The number of halogens is 1. The zero-order valence-corrected chi connectivity index (χ0v) is 14.3. The summed E-state index contributed by atoms with van der Waals surface area (Å²) in [4.78, 5) is 0. The first-order chi connectivity index (χ1) is 9.72. The third kappa shape index (κ3) is 4.20. The van der Waals surface area contributed by atoms with Crippen LogP contribution in [-0.2, 0) is 0 Å². The van der Waals surface area contributed by atoms with E-state index >= 15 is 0 Å². The van der Waals surface area contributed by atoms with Gasteiger partial charge in [-0.3, -0.25) is 0 Å². The molecule has 0 aliphatic heterocycles. The minimum atomic E-state index is 0.378. The molecule has 2 heteroatoms. The van der Waals surface area contributed by atoms with Gasteiger partial charge in [-0.25, -0.2) is 0 Å². The predicted octanol–water partition coefficient (Wildman–Crippen LogP) is 5.69. The molecular weight excluding hydrogens is 310 g/mol. The van der Waals surface area contributed by atoms with Crippen LogP contribution in [0.3, 0.4) is 0 Å². The highest BCUT2D eigenvalue weighted by Gasteiger charge is 2.19. The lowest BCUT2D eigenvalue weighted by molar-refractivity contribution is 0.565. The largest absolute Gasteiger partial charge is 0.307 e. The lowest BCUT2D eigenvalue weighted by atomic mass is 9.94. The first kappa shape index (κ1) is 15.8. The number of benzene rings is 1. The van der Waals surface area contributed by atoms with Crippen LogP contribution in [-0.4, -0.2) is 6.54 Å². The van der Waals surface area contributed by atoms with Gasteiger partial charge in [0.15, 0.2) is 0 Å². The van der Waals surface area contributed by atoms with Gasteiger partial charge in [0.1, 0.15) is 0 Å². The Kier molecular flexibility index (Phi) is 6.31. The van der Waals surface area contributed by atoms with Crippen molar-refractivity contribution in [3.05, 3.63) is 45.4 Å². The zero-order chi connectivity index (χ0) is 14.4. The SMILES string of the molecule is CCCNC(C1=CCCCCC1)c1ccc(C)cc1Br. The van der Waals surface area contributed by atoms with Crippen molar-refractivity contribution < 1.29 is 0 Å². The van der Waals surface area contributed by atoms with Gasteiger partial charge in [-0.05, 0) is 62.8 Å². The van der Waals surface area contributed by atoms with Crippen LogP contribution in [0.4, 0.5) is 0 Å². The van der Waals surface area contributed by atoms with Crippen LogP contribution in [0.25, 0.3) is 0 Å². The number of aryl methyl sites for hydroxylation is 1. The zero-order valence-electron chi connectivity index (χ0n) is 12.7. The summed E-state index contributed by atoms with van der Waals surface area (Å²) >= 11 is 3.76. The predicted molar refractivity (Wildman–Crippen MR) is 91.1 cm³/mol.